The summed E-state index contributed by atoms with van der Waals surface area (Å²) in [6.07, 6.45) is 0. The number of H-pyrrole nitrogens is 1. The van der Waals surface area contributed by atoms with Gasteiger partial charge >= 0.3 is 0 Å². The Morgan fingerprint density at radius 1 is 1.00 bits per heavy atom. The number of ether oxygens (including phenoxy) is 1. The quantitative estimate of drug-likeness (QED) is 0.314. The number of pyridine rings is 1. The number of hydrogen-bond acceptors (Lipinski definition) is 5. The number of amides is 1. The van der Waals surface area contributed by atoms with Gasteiger partial charge in [0.1, 0.15) is 29.5 Å². The van der Waals surface area contributed by atoms with Crippen LogP contribution in [0.2, 0.25) is 5.02 Å². The number of hydrogen-bond donors (Lipinski definition) is 2. The minimum Gasteiger partial charge on any atom is -0.489 e. The molecule has 2 aromatic heterocycles. The van der Waals surface area contributed by atoms with Gasteiger partial charge in [-0.1, -0.05) is 22.9 Å². The summed E-state index contributed by atoms with van der Waals surface area (Å²) in [6, 6.07) is 18.3. The van der Waals surface area contributed by atoms with Crippen LogP contribution in [0.5, 0.6) is 5.75 Å². The lowest BCUT2D eigenvalue weighted by molar-refractivity contribution is 0.102. The van der Waals surface area contributed by atoms with Crippen molar-refractivity contribution in [2.45, 2.75) is 6.61 Å². The number of halogens is 3. The molecule has 0 fully saturated rings. The van der Waals surface area contributed by atoms with Gasteiger partial charge < -0.3 is 10.1 Å². The number of benzene rings is 3. The average molecular weight is 492 g/mol. The lowest BCUT2D eigenvalue weighted by Gasteiger charge is -2.10. The fourth-order valence-electron chi connectivity index (χ4n) is 3.39. The molecular formula is C25H16ClF2N5O2. The van der Waals surface area contributed by atoms with E-state index in [2.05, 4.69) is 25.7 Å². The minimum absolute atomic E-state index is 0.129. The summed E-state index contributed by atoms with van der Waals surface area (Å²) in [5, 5.41) is 13.2. The van der Waals surface area contributed by atoms with Crippen LogP contribution in [0.1, 0.15) is 15.9 Å². The molecule has 2 heterocycles. The van der Waals surface area contributed by atoms with E-state index in [4.69, 9.17) is 16.3 Å². The standard InChI is InChI=1S/C25H16ClF2N5O2/c26-20-12-16(27)3-1-15(20)13-35-18-6-4-17(5-7-18)29-25(34)19-11-14(2-8-21(19)28)22-9-10-23-24(30-22)32-33-31-23/h1-12H,13H2,(H,29,34)(H,30,31,32,33). The van der Waals surface area contributed by atoms with Crippen molar-refractivity contribution in [3.05, 3.63) is 101 Å². The molecule has 2 N–H and O–H groups in total. The first-order chi connectivity index (χ1) is 17.0. The Labute approximate surface area is 202 Å². The molecule has 0 aliphatic heterocycles. The molecule has 3 aromatic carbocycles. The van der Waals surface area contributed by atoms with Gasteiger partial charge in [0, 0.05) is 16.8 Å². The highest BCUT2D eigenvalue weighted by Gasteiger charge is 2.15. The van der Waals surface area contributed by atoms with E-state index in [9.17, 15) is 13.6 Å². The van der Waals surface area contributed by atoms with Crippen molar-refractivity contribution in [2.75, 3.05) is 5.32 Å². The molecule has 35 heavy (non-hydrogen) atoms. The summed E-state index contributed by atoms with van der Waals surface area (Å²) in [5.41, 5.74) is 3.14. The van der Waals surface area contributed by atoms with Crippen molar-refractivity contribution in [3.8, 4) is 17.0 Å². The second-order valence-electron chi connectivity index (χ2n) is 7.58. The molecule has 0 unspecified atom stereocenters. The zero-order valence-corrected chi connectivity index (χ0v) is 18.7. The van der Waals surface area contributed by atoms with Gasteiger partial charge in [-0.05, 0) is 66.7 Å². The maximum absolute atomic E-state index is 14.5. The lowest BCUT2D eigenvalue weighted by Crippen LogP contribution is -2.14. The molecule has 10 heteroatoms. The Hall–Kier alpha value is -4.37. The predicted molar refractivity (Wildman–Crippen MR) is 127 cm³/mol. The fraction of sp³-hybridized carbons (Fsp3) is 0.0400. The fourth-order valence-corrected chi connectivity index (χ4v) is 3.61. The number of aromatic nitrogens is 4. The summed E-state index contributed by atoms with van der Waals surface area (Å²) < 4.78 is 33.3. The molecule has 0 atom stereocenters. The van der Waals surface area contributed by atoms with Gasteiger partial charge in [-0.25, -0.2) is 13.8 Å². The van der Waals surface area contributed by atoms with Crippen LogP contribution < -0.4 is 10.1 Å². The SMILES string of the molecule is O=C(Nc1ccc(OCc2ccc(F)cc2Cl)cc1)c1cc(-c2ccc3[nH]nnc3n2)ccc1F. The van der Waals surface area contributed by atoms with E-state index >= 15 is 0 Å². The smallest absolute Gasteiger partial charge is 0.258 e. The van der Waals surface area contributed by atoms with Crippen molar-refractivity contribution >= 4 is 34.4 Å². The van der Waals surface area contributed by atoms with Crippen LogP contribution in [-0.2, 0) is 6.61 Å². The first kappa shape index (κ1) is 22.4. The van der Waals surface area contributed by atoms with Gasteiger partial charge in [0.15, 0.2) is 0 Å². The molecule has 0 bridgehead atoms. The molecule has 0 aliphatic rings. The summed E-state index contributed by atoms with van der Waals surface area (Å²) in [7, 11) is 0. The van der Waals surface area contributed by atoms with Crippen molar-refractivity contribution in [2.24, 2.45) is 0 Å². The van der Waals surface area contributed by atoms with Crippen LogP contribution in [0.3, 0.4) is 0 Å². The number of carbonyl (C=O) groups is 1. The van der Waals surface area contributed by atoms with Crippen LogP contribution in [-0.4, -0.2) is 26.3 Å². The summed E-state index contributed by atoms with van der Waals surface area (Å²) in [6.45, 7) is 0.150. The van der Waals surface area contributed by atoms with Gasteiger partial charge in [0.05, 0.1) is 16.3 Å². The number of nitrogens with one attached hydrogen (secondary N) is 2. The molecule has 0 radical (unpaired) electrons. The molecule has 5 rings (SSSR count). The van der Waals surface area contributed by atoms with E-state index in [1.165, 1.54) is 24.3 Å². The monoisotopic (exact) mass is 491 g/mol. The third-order valence-electron chi connectivity index (χ3n) is 5.22. The van der Waals surface area contributed by atoms with E-state index in [0.29, 0.717) is 39.4 Å². The Kier molecular flexibility index (Phi) is 6.07. The number of fused-ring (bicyclic) bond motifs is 1. The zero-order chi connectivity index (χ0) is 24.4. The molecule has 5 aromatic rings. The minimum atomic E-state index is -0.662. The third-order valence-corrected chi connectivity index (χ3v) is 5.57. The van der Waals surface area contributed by atoms with Crippen molar-refractivity contribution in [1.29, 1.82) is 0 Å². The average Bonchev–Trinajstić information content (AvgIpc) is 3.33. The first-order valence-corrected chi connectivity index (χ1v) is 10.8. The molecule has 174 valence electrons. The van der Waals surface area contributed by atoms with Gasteiger partial charge in [-0.15, -0.1) is 5.10 Å². The maximum atomic E-state index is 14.5. The Morgan fingerprint density at radius 2 is 1.83 bits per heavy atom. The maximum Gasteiger partial charge on any atom is 0.258 e. The first-order valence-electron chi connectivity index (χ1n) is 10.4. The molecule has 7 nitrogen and oxygen atoms in total. The number of rotatable bonds is 6. The highest BCUT2D eigenvalue weighted by molar-refractivity contribution is 6.31. The second-order valence-corrected chi connectivity index (χ2v) is 7.98. The van der Waals surface area contributed by atoms with Crippen LogP contribution >= 0.6 is 11.6 Å². The highest BCUT2D eigenvalue weighted by Crippen LogP contribution is 2.24. The number of anilines is 1. The largest absolute Gasteiger partial charge is 0.489 e. The molecule has 0 saturated heterocycles. The second kappa shape index (κ2) is 9.47. The molecule has 0 spiro atoms. The Balaban J connectivity index is 1.28. The lowest BCUT2D eigenvalue weighted by atomic mass is 10.1. The van der Waals surface area contributed by atoms with E-state index in [1.54, 1.807) is 48.5 Å². The van der Waals surface area contributed by atoms with Gasteiger partial charge in [0.2, 0.25) is 5.65 Å². The van der Waals surface area contributed by atoms with Crippen LogP contribution in [0.25, 0.3) is 22.4 Å². The van der Waals surface area contributed by atoms with Gasteiger partial charge in [-0.2, -0.15) is 0 Å². The molecular weight excluding hydrogens is 476 g/mol. The van der Waals surface area contributed by atoms with Gasteiger partial charge in [0.25, 0.3) is 5.91 Å². The third kappa shape index (κ3) is 4.95. The highest BCUT2D eigenvalue weighted by atomic mass is 35.5. The van der Waals surface area contributed by atoms with E-state index in [-0.39, 0.29) is 17.2 Å². The summed E-state index contributed by atoms with van der Waals surface area (Å²) >= 11 is 6.01. The number of aromatic amines is 1. The van der Waals surface area contributed by atoms with Gasteiger partial charge in [-0.3, -0.25) is 9.89 Å². The van der Waals surface area contributed by atoms with Crippen LogP contribution in [0.15, 0.2) is 72.8 Å². The number of carbonyl (C=O) groups excluding carboxylic acids is 1. The van der Waals surface area contributed by atoms with E-state index < -0.39 is 17.5 Å². The summed E-state index contributed by atoms with van der Waals surface area (Å²) in [5.74, 6) is -1.18. The number of nitrogens with zero attached hydrogens (tertiary/aromatic N) is 3. The van der Waals surface area contributed by atoms with Crippen LogP contribution in [0, 0.1) is 11.6 Å². The Morgan fingerprint density at radius 3 is 2.63 bits per heavy atom. The van der Waals surface area contributed by atoms with Crippen molar-refractivity contribution < 1.29 is 18.3 Å². The predicted octanol–water partition coefficient (Wildman–Crippen LogP) is 5.78. The van der Waals surface area contributed by atoms with Crippen molar-refractivity contribution in [3.63, 3.8) is 0 Å². The topological polar surface area (TPSA) is 92.8 Å². The molecule has 1 amide bonds. The molecule has 0 saturated carbocycles. The zero-order valence-electron chi connectivity index (χ0n) is 17.9. The van der Waals surface area contributed by atoms with E-state index in [1.807, 2.05) is 0 Å². The Bertz CT molecular complexity index is 1540. The van der Waals surface area contributed by atoms with E-state index in [0.717, 1.165) is 0 Å². The normalized spacial score (nSPS) is 10.9. The van der Waals surface area contributed by atoms with Crippen molar-refractivity contribution in [1.82, 2.24) is 20.4 Å². The van der Waals surface area contributed by atoms with Crippen LogP contribution in [0.4, 0.5) is 14.5 Å². The molecule has 0 aliphatic carbocycles. The summed E-state index contributed by atoms with van der Waals surface area (Å²) in [4.78, 5) is 17.2.